The lowest BCUT2D eigenvalue weighted by molar-refractivity contribution is 0.293. The van der Waals surface area contributed by atoms with E-state index in [4.69, 9.17) is 9.63 Å². The molecule has 0 bridgehead atoms. The van der Waals surface area contributed by atoms with Gasteiger partial charge in [0.25, 0.3) is 5.89 Å². The van der Waals surface area contributed by atoms with E-state index in [-0.39, 0.29) is 6.61 Å². The molecule has 0 aliphatic rings. The fraction of sp³-hybridized carbons (Fsp3) is 0.444. The first-order chi connectivity index (χ1) is 7.76. The van der Waals surface area contributed by atoms with Crippen LogP contribution in [-0.4, -0.2) is 33.3 Å². The average Bonchev–Trinajstić information content (AvgIpc) is 2.85. The molecule has 0 aromatic carbocycles. The van der Waals surface area contributed by atoms with Crippen LogP contribution in [0.5, 0.6) is 0 Å². The van der Waals surface area contributed by atoms with Crippen LogP contribution in [-0.2, 0) is 6.42 Å². The summed E-state index contributed by atoms with van der Waals surface area (Å²) in [7, 11) is 1.82. The molecular formula is C9H12N4O2S. The minimum atomic E-state index is 0.0126. The number of anilines is 1. The minimum Gasteiger partial charge on any atom is -0.396 e. The maximum atomic E-state index is 8.77. The van der Waals surface area contributed by atoms with Gasteiger partial charge in [-0.1, -0.05) is 5.16 Å². The van der Waals surface area contributed by atoms with Crippen LogP contribution in [0.1, 0.15) is 11.5 Å². The Morgan fingerprint density at radius 1 is 1.50 bits per heavy atom. The molecule has 2 aromatic rings. The van der Waals surface area contributed by atoms with Crippen LogP contribution >= 0.6 is 11.5 Å². The van der Waals surface area contributed by atoms with Crippen molar-refractivity contribution < 1.29 is 9.63 Å². The summed E-state index contributed by atoms with van der Waals surface area (Å²) in [5, 5.41) is 16.5. The lowest BCUT2D eigenvalue weighted by atomic mass is 10.2. The van der Waals surface area contributed by atoms with Crippen molar-refractivity contribution in [3.05, 3.63) is 11.5 Å². The Morgan fingerprint density at radius 2 is 2.31 bits per heavy atom. The third-order valence-electron chi connectivity index (χ3n) is 2.11. The van der Waals surface area contributed by atoms with E-state index in [2.05, 4.69) is 19.8 Å². The van der Waals surface area contributed by atoms with Gasteiger partial charge in [0.1, 0.15) is 5.00 Å². The minimum absolute atomic E-state index is 0.0126. The van der Waals surface area contributed by atoms with Crippen LogP contribution in [0.25, 0.3) is 11.5 Å². The second-order valence-corrected chi connectivity index (χ2v) is 3.98. The van der Waals surface area contributed by atoms with Crippen LogP contribution in [0.3, 0.4) is 0 Å². The van der Waals surface area contributed by atoms with Crippen molar-refractivity contribution in [1.29, 1.82) is 0 Å². The van der Waals surface area contributed by atoms with E-state index in [1.807, 2.05) is 14.0 Å². The molecule has 2 rings (SSSR count). The summed E-state index contributed by atoms with van der Waals surface area (Å²) in [6.07, 6.45) is 0.398. The van der Waals surface area contributed by atoms with Gasteiger partial charge in [-0.15, -0.1) is 0 Å². The molecule has 0 spiro atoms. The first-order valence-electron chi connectivity index (χ1n) is 4.84. The van der Waals surface area contributed by atoms with Crippen molar-refractivity contribution in [2.45, 2.75) is 13.3 Å². The normalized spacial score (nSPS) is 10.7. The maximum absolute atomic E-state index is 8.77. The Labute approximate surface area is 96.5 Å². The summed E-state index contributed by atoms with van der Waals surface area (Å²) in [6, 6.07) is 0. The van der Waals surface area contributed by atoms with E-state index in [0.717, 1.165) is 16.3 Å². The van der Waals surface area contributed by atoms with Crippen molar-refractivity contribution in [1.82, 2.24) is 14.5 Å². The number of hydrogen-bond acceptors (Lipinski definition) is 7. The number of aliphatic hydroxyl groups is 1. The molecule has 0 unspecified atom stereocenters. The zero-order valence-corrected chi connectivity index (χ0v) is 9.84. The number of aliphatic hydroxyl groups excluding tert-OH is 1. The van der Waals surface area contributed by atoms with E-state index in [0.29, 0.717) is 18.1 Å². The fourth-order valence-corrected chi connectivity index (χ4v) is 2.09. The van der Waals surface area contributed by atoms with Gasteiger partial charge in [0.2, 0.25) is 0 Å². The van der Waals surface area contributed by atoms with E-state index < -0.39 is 0 Å². The highest BCUT2D eigenvalue weighted by Gasteiger charge is 2.18. The quantitative estimate of drug-likeness (QED) is 0.832. The summed E-state index contributed by atoms with van der Waals surface area (Å²) < 4.78 is 9.36. The maximum Gasteiger partial charge on any atom is 0.262 e. The zero-order chi connectivity index (χ0) is 11.5. The Morgan fingerprint density at radius 3 is 3.00 bits per heavy atom. The second kappa shape index (κ2) is 4.58. The highest BCUT2D eigenvalue weighted by molar-refractivity contribution is 7.10. The van der Waals surface area contributed by atoms with Crippen molar-refractivity contribution >= 4 is 16.5 Å². The third kappa shape index (κ3) is 1.91. The van der Waals surface area contributed by atoms with Gasteiger partial charge in [0.15, 0.2) is 5.82 Å². The molecule has 0 aliphatic heterocycles. The number of nitrogens with one attached hydrogen (secondary N) is 1. The van der Waals surface area contributed by atoms with Crippen molar-refractivity contribution in [3.63, 3.8) is 0 Å². The van der Waals surface area contributed by atoms with Gasteiger partial charge in [-0.3, -0.25) is 0 Å². The third-order valence-corrected chi connectivity index (χ3v) is 3.06. The predicted octanol–water partition coefficient (Wildman–Crippen LogP) is 1.08. The molecule has 0 radical (unpaired) electrons. The predicted molar refractivity (Wildman–Crippen MR) is 60.5 cm³/mol. The number of aromatic nitrogens is 3. The monoisotopic (exact) mass is 240 g/mol. The molecule has 86 valence electrons. The van der Waals surface area contributed by atoms with Gasteiger partial charge in [-0.25, -0.2) is 0 Å². The molecule has 0 fully saturated rings. The van der Waals surface area contributed by atoms with Gasteiger partial charge >= 0.3 is 0 Å². The van der Waals surface area contributed by atoms with E-state index >= 15 is 0 Å². The van der Waals surface area contributed by atoms with Gasteiger partial charge in [0, 0.05) is 13.5 Å². The highest BCUT2D eigenvalue weighted by Crippen LogP contribution is 2.33. The average molecular weight is 240 g/mol. The van der Waals surface area contributed by atoms with Gasteiger partial charge in [-0.2, -0.15) is 9.36 Å². The smallest absolute Gasteiger partial charge is 0.262 e. The van der Waals surface area contributed by atoms with Gasteiger partial charge in [0.05, 0.1) is 17.9 Å². The van der Waals surface area contributed by atoms with Gasteiger partial charge < -0.3 is 14.9 Å². The molecule has 2 N–H and O–H groups in total. The summed E-state index contributed by atoms with van der Waals surface area (Å²) in [6.45, 7) is 1.90. The Bertz CT molecular complexity index is 480. The molecule has 7 heteroatoms. The van der Waals surface area contributed by atoms with Crippen molar-refractivity contribution in [3.8, 4) is 11.5 Å². The molecular weight excluding hydrogens is 228 g/mol. The topological polar surface area (TPSA) is 84.1 Å². The molecule has 6 nitrogen and oxygen atoms in total. The SMILES string of the molecule is CNc1snc(C)c1-c1nc(CCO)no1. The first kappa shape index (κ1) is 11.0. The zero-order valence-electron chi connectivity index (χ0n) is 9.02. The molecule has 0 amide bonds. The lowest BCUT2D eigenvalue weighted by Gasteiger charge is -1.96. The van der Waals surface area contributed by atoms with Crippen molar-refractivity contribution in [2.24, 2.45) is 0 Å². The second-order valence-electron chi connectivity index (χ2n) is 3.21. The summed E-state index contributed by atoms with van der Waals surface area (Å²) in [5.41, 5.74) is 1.69. The molecule has 2 aromatic heterocycles. The first-order valence-corrected chi connectivity index (χ1v) is 5.61. The molecule has 0 saturated carbocycles. The number of rotatable bonds is 4. The van der Waals surface area contributed by atoms with Crippen molar-refractivity contribution in [2.75, 3.05) is 19.0 Å². The number of aryl methyl sites for hydroxylation is 1. The molecule has 0 atom stereocenters. The highest BCUT2D eigenvalue weighted by atomic mass is 32.1. The summed E-state index contributed by atoms with van der Waals surface area (Å²) in [5.74, 6) is 0.948. The molecule has 16 heavy (non-hydrogen) atoms. The number of hydrogen-bond donors (Lipinski definition) is 2. The Kier molecular flexibility index (Phi) is 3.16. The molecule has 0 saturated heterocycles. The van der Waals surface area contributed by atoms with Crippen LogP contribution in [0.15, 0.2) is 4.52 Å². The van der Waals surface area contributed by atoms with Crippen LogP contribution in [0.2, 0.25) is 0 Å². The number of nitrogens with zero attached hydrogens (tertiary/aromatic N) is 3. The molecule has 0 aliphatic carbocycles. The van der Waals surface area contributed by atoms with Crippen LogP contribution in [0, 0.1) is 6.92 Å². The van der Waals surface area contributed by atoms with Gasteiger partial charge in [-0.05, 0) is 18.5 Å². The standard InChI is InChI=1S/C9H12N4O2S/c1-5-7(9(10-2)16-13-5)8-11-6(3-4-14)12-15-8/h10,14H,3-4H2,1-2H3. The largest absolute Gasteiger partial charge is 0.396 e. The van der Waals surface area contributed by atoms with E-state index in [1.54, 1.807) is 0 Å². The Balaban J connectivity index is 2.37. The summed E-state index contributed by atoms with van der Waals surface area (Å²) >= 11 is 1.36. The van der Waals surface area contributed by atoms with E-state index in [1.165, 1.54) is 11.5 Å². The van der Waals surface area contributed by atoms with Crippen LogP contribution < -0.4 is 5.32 Å². The fourth-order valence-electron chi connectivity index (χ4n) is 1.35. The van der Waals surface area contributed by atoms with E-state index in [9.17, 15) is 0 Å². The van der Waals surface area contributed by atoms with Crippen LogP contribution in [0.4, 0.5) is 5.00 Å². The summed E-state index contributed by atoms with van der Waals surface area (Å²) in [4.78, 5) is 4.20. The lowest BCUT2D eigenvalue weighted by Crippen LogP contribution is -1.93. The molecule has 2 heterocycles. The Hall–Kier alpha value is -1.47.